The molecule has 9 nitrogen and oxygen atoms in total. The van der Waals surface area contributed by atoms with Crippen molar-refractivity contribution in [1.82, 2.24) is 14.7 Å². The molecular weight excluding hydrogens is 563 g/mol. The Kier molecular flexibility index (Phi) is 7.71. The number of ether oxygens (including phenoxy) is 1. The highest BCUT2D eigenvalue weighted by molar-refractivity contribution is 7.73. The fourth-order valence-corrected chi connectivity index (χ4v) is 6.34. The number of carbonyl (C=O) groups is 2. The van der Waals surface area contributed by atoms with Crippen molar-refractivity contribution in [1.29, 1.82) is 0 Å². The average Bonchev–Trinajstić information content (AvgIpc) is 3.76. The molecule has 1 atom stereocenters. The van der Waals surface area contributed by atoms with Crippen LogP contribution in [0.2, 0.25) is 0 Å². The van der Waals surface area contributed by atoms with E-state index in [0.29, 0.717) is 65.8 Å². The Hall–Kier alpha value is -3.48. The fraction of sp³-hybridized carbons (Fsp3) is 0.414. The minimum absolute atomic E-state index is 0.164. The van der Waals surface area contributed by atoms with Gasteiger partial charge in [-0.1, -0.05) is 11.3 Å². The number of benzene rings is 2. The zero-order chi connectivity index (χ0) is 28.7. The van der Waals surface area contributed by atoms with Crippen LogP contribution in [-0.2, 0) is 11.5 Å². The molecule has 1 aromatic heterocycles. The second-order valence-electron chi connectivity index (χ2n) is 10.7. The third-order valence-corrected chi connectivity index (χ3v) is 9.11. The summed E-state index contributed by atoms with van der Waals surface area (Å²) in [5.74, 6) is -0.792. The van der Waals surface area contributed by atoms with Crippen LogP contribution in [0.4, 0.5) is 20.9 Å². The van der Waals surface area contributed by atoms with Crippen molar-refractivity contribution in [2.24, 2.45) is 10.9 Å². The maximum Gasteiger partial charge on any atom is 0.230 e. The van der Waals surface area contributed by atoms with Crippen molar-refractivity contribution in [2.75, 3.05) is 49.6 Å². The molecule has 2 fully saturated rings. The van der Waals surface area contributed by atoms with Crippen LogP contribution in [0, 0.1) is 15.7 Å². The van der Waals surface area contributed by atoms with Crippen LogP contribution in [0.1, 0.15) is 35.7 Å². The van der Waals surface area contributed by atoms with E-state index >= 15 is 4.39 Å². The Morgan fingerprint density at radius 1 is 1.17 bits per heavy atom. The highest BCUT2D eigenvalue weighted by atomic mass is 32.1. The first-order valence-electron chi connectivity index (χ1n) is 13.7. The summed E-state index contributed by atoms with van der Waals surface area (Å²) in [5.41, 5.74) is 2.52. The van der Waals surface area contributed by atoms with Gasteiger partial charge in [-0.15, -0.1) is 5.10 Å². The van der Waals surface area contributed by atoms with Gasteiger partial charge in [-0.05, 0) is 73.9 Å². The van der Waals surface area contributed by atoms with Crippen LogP contribution in [0.3, 0.4) is 0 Å². The molecule has 3 heterocycles. The van der Waals surface area contributed by atoms with E-state index in [-0.39, 0.29) is 11.6 Å². The predicted molar refractivity (Wildman–Crippen MR) is 160 cm³/mol. The number of carbonyl (C=O) groups excluding carboxylic acids is 2. The quantitative estimate of drug-likeness (QED) is 0.211. The van der Waals surface area contributed by atoms with Crippen molar-refractivity contribution in [2.45, 2.75) is 32.5 Å². The Balaban J connectivity index is 1.11. The van der Waals surface area contributed by atoms with E-state index in [1.54, 1.807) is 18.0 Å². The highest BCUT2D eigenvalue weighted by Crippen LogP contribution is 2.41. The Morgan fingerprint density at radius 3 is 2.56 bits per heavy atom. The molecule has 3 aliphatic rings. The number of hydrogen-bond donors (Lipinski definition) is 0. The van der Waals surface area contributed by atoms with Crippen LogP contribution < -0.4 is 14.5 Å². The van der Waals surface area contributed by atoms with Crippen molar-refractivity contribution in [3.8, 4) is 5.75 Å². The number of piperazine rings is 1. The Labute approximate surface area is 246 Å². The number of ketones is 2. The maximum absolute atomic E-state index is 15.4. The maximum atomic E-state index is 15.4. The molecule has 12 heteroatoms. The smallest absolute Gasteiger partial charge is 0.230 e. The number of aromatic nitrogens is 2. The molecule has 6 rings (SSSR count). The van der Waals surface area contributed by atoms with Gasteiger partial charge in [-0.25, -0.2) is 14.1 Å². The van der Waals surface area contributed by atoms with Crippen molar-refractivity contribution in [3.05, 3.63) is 57.3 Å². The minimum Gasteiger partial charge on any atom is -0.497 e. The molecule has 1 unspecified atom stereocenters. The molecule has 1 saturated carbocycles. The Morgan fingerprint density at radius 2 is 1.90 bits per heavy atom. The van der Waals surface area contributed by atoms with Crippen LogP contribution in [0.5, 0.6) is 5.75 Å². The lowest BCUT2D eigenvalue weighted by Crippen LogP contribution is -2.47. The summed E-state index contributed by atoms with van der Waals surface area (Å²) in [6, 6.07) is 11.1. The van der Waals surface area contributed by atoms with Gasteiger partial charge in [0.1, 0.15) is 17.3 Å². The Bertz CT molecular complexity index is 1560. The summed E-state index contributed by atoms with van der Waals surface area (Å²) in [4.78, 5) is 36.0. The van der Waals surface area contributed by atoms with E-state index in [2.05, 4.69) is 19.9 Å². The van der Waals surface area contributed by atoms with Gasteiger partial charge in [-0.3, -0.25) is 14.5 Å². The van der Waals surface area contributed by atoms with Crippen molar-refractivity contribution in [3.63, 3.8) is 0 Å². The zero-order valence-electron chi connectivity index (χ0n) is 23.0. The summed E-state index contributed by atoms with van der Waals surface area (Å²) in [7, 11) is 1.63. The van der Waals surface area contributed by atoms with Gasteiger partial charge < -0.3 is 14.5 Å². The number of rotatable bonds is 8. The first-order chi connectivity index (χ1) is 19.8. The summed E-state index contributed by atoms with van der Waals surface area (Å²) in [6.07, 6.45) is 3.80. The summed E-state index contributed by atoms with van der Waals surface area (Å²) < 4.78 is 23.0. The average molecular weight is 595 g/mol. The lowest BCUT2D eigenvalue weighted by atomic mass is 9.88. The molecular formula is C29H31FN6O3S2. The van der Waals surface area contributed by atoms with E-state index < -0.39 is 11.7 Å². The molecule has 2 aliphatic heterocycles. The van der Waals surface area contributed by atoms with E-state index in [1.165, 1.54) is 24.3 Å². The van der Waals surface area contributed by atoms with Gasteiger partial charge in [0, 0.05) is 50.5 Å². The van der Waals surface area contributed by atoms with E-state index in [0.717, 1.165) is 29.8 Å². The van der Waals surface area contributed by atoms with Crippen LogP contribution in [-0.4, -0.2) is 78.3 Å². The van der Waals surface area contributed by atoms with E-state index in [9.17, 15) is 9.59 Å². The lowest BCUT2D eigenvalue weighted by Gasteiger charge is -2.38. The van der Waals surface area contributed by atoms with Gasteiger partial charge in [0.05, 0.1) is 31.1 Å². The SMILES string of the molecule is COc1ccc(C=Nc2nn(CN3CCN(c4cc5c(cc4F)C(=O)C(C(C)=O)CN5C4CC4)CC3)c(=S)s2)cc1. The van der Waals surface area contributed by atoms with Gasteiger partial charge in [0.25, 0.3) is 0 Å². The second-order valence-corrected chi connectivity index (χ2v) is 12.3. The molecule has 41 heavy (non-hydrogen) atoms. The normalized spacial score (nSPS) is 19.6. The first kappa shape index (κ1) is 27.7. The van der Waals surface area contributed by atoms with Crippen molar-refractivity contribution < 1.29 is 18.7 Å². The van der Waals surface area contributed by atoms with Gasteiger partial charge in [0.15, 0.2) is 9.74 Å². The molecule has 2 aromatic carbocycles. The molecule has 0 spiro atoms. The van der Waals surface area contributed by atoms with Crippen molar-refractivity contribution >= 4 is 57.8 Å². The molecule has 0 N–H and O–H groups in total. The molecule has 214 valence electrons. The second kappa shape index (κ2) is 11.4. The minimum atomic E-state index is -0.719. The van der Waals surface area contributed by atoms with Gasteiger partial charge in [-0.2, -0.15) is 0 Å². The summed E-state index contributed by atoms with van der Waals surface area (Å²) >= 11 is 6.89. The van der Waals surface area contributed by atoms with Gasteiger partial charge >= 0.3 is 0 Å². The summed E-state index contributed by atoms with van der Waals surface area (Å²) in [5, 5.41) is 5.17. The number of aliphatic imine (C=N–C) groups is 1. The topological polar surface area (TPSA) is 83.3 Å². The number of hydrogen-bond acceptors (Lipinski definition) is 10. The van der Waals surface area contributed by atoms with Crippen LogP contribution in [0.15, 0.2) is 41.4 Å². The monoisotopic (exact) mass is 594 g/mol. The standard InChI is InChI=1S/C29H31FN6O3S2/c1-18(37)23-16-35(20-5-6-20)25-14-26(24(30)13-22(25)27(23)38)34-11-9-33(10-12-34)17-36-29(40)41-28(32-36)31-15-19-3-7-21(39-2)8-4-19/h3-4,7-8,13-15,20,23H,5-6,9-12,16-17H2,1-2H3. The first-order valence-corrected chi connectivity index (χ1v) is 14.9. The number of halogens is 1. The van der Waals surface area contributed by atoms with E-state index in [4.69, 9.17) is 17.0 Å². The number of nitrogens with zero attached hydrogens (tertiary/aromatic N) is 6. The third kappa shape index (κ3) is 5.81. The molecule has 1 aliphatic carbocycles. The zero-order valence-corrected chi connectivity index (χ0v) is 24.6. The highest BCUT2D eigenvalue weighted by Gasteiger charge is 2.41. The fourth-order valence-electron chi connectivity index (χ4n) is 5.42. The molecule has 0 radical (unpaired) electrons. The molecule has 3 aromatic rings. The third-order valence-electron chi connectivity index (χ3n) is 7.90. The lowest BCUT2D eigenvalue weighted by molar-refractivity contribution is -0.119. The number of methoxy groups -OCH3 is 1. The van der Waals surface area contributed by atoms with Crippen LogP contribution >= 0.6 is 23.6 Å². The van der Waals surface area contributed by atoms with Crippen LogP contribution in [0.25, 0.3) is 0 Å². The van der Waals surface area contributed by atoms with E-state index in [1.807, 2.05) is 35.2 Å². The molecule has 1 saturated heterocycles. The predicted octanol–water partition coefficient (Wildman–Crippen LogP) is 4.72. The number of anilines is 2. The number of Topliss-reactive ketones (excluding diaryl/α,β-unsaturated/α-hetero) is 2. The summed E-state index contributed by atoms with van der Waals surface area (Å²) in [6.45, 7) is 5.02. The molecule has 0 bridgehead atoms. The molecule has 0 amide bonds. The number of fused-ring (bicyclic) bond motifs is 1. The largest absolute Gasteiger partial charge is 0.497 e. The van der Waals surface area contributed by atoms with Gasteiger partial charge in [0.2, 0.25) is 5.13 Å².